The first-order chi connectivity index (χ1) is 8.17. The van der Waals surface area contributed by atoms with Gasteiger partial charge < -0.3 is 20.3 Å². The Morgan fingerprint density at radius 2 is 2.12 bits per heavy atom. The van der Waals surface area contributed by atoms with E-state index in [0.29, 0.717) is 6.42 Å². The fourth-order valence-electron chi connectivity index (χ4n) is 2.11. The van der Waals surface area contributed by atoms with Crippen LogP contribution in [-0.4, -0.2) is 51.7 Å². The highest BCUT2D eigenvalue weighted by Crippen LogP contribution is 2.34. The van der Waals surface area contributed by atoms with Gasteiger partial charge in [0.05, 0.1) is 12.1 Å². The maximum atomic E-state index is 10.0. The summed E-state index contributed by atoms with van der Waals surface area (Å²) in [4.78, 5) is 4.37. The Balaban J connectivity index is 2.04. The summed E-state index contributed by atoms with van der Waals surface area (Å²) in [6.45, 7) is 4.78. The van der Waals surface area contributed by atoms with Gasteiger partial charge in [0.25, 0.3) is 0 Å². The second-order valence-corrected chi connectivity index (χ2v) is 5.49. The van der Waals surface area contributed by atoms with Gasteiger partial charge in [0.15, 0.2) is 5.17 Å². The average molecular weight is 260 g/mol. The van der Waals surface area contributed by atoms with Crippen molar-refractivity contribution in [2.24, 2.45) is 4.99 Å². The second-order valence-electron chi connectivity index (χ2n) is 4.41. The van der Waals surface area contributed by atoms with E-state index in [0.717, 1.165) is 18.1 Å². The number of hydrogen-bond acceptors (Lipinski definition) is 5. The van der Waals surface area contributed by atoms with Gasteiger partial charge in [0.2, 0.25) is 0 Å². The topological polar surface area (TPSA) is 74.1 Å². The van der Waals surface area contributed by atoms with Crippen LogP contribution >= 0.6 is 11.8 Å². The molecule has 2 rings (SSSR count). The third-order valence-electron chi connectivity index (χ3n) is 3.10. The summed E-state index contributed by atoms with van der Waals surface area (Å²) in [5, 5.41) is 23.9. The van der Waals surface area contributed by atoms with Crippen LogP contribution in [0.1, 0.15) is 26.7 Å². The monoisotopic (exact) mass is 260 g/mol. The molecule has 0 saturated carbocycles. The van der Waals surface area contributed by atoms with Crippen LogP contribution in [0.25, 0.3) is 0 Å². The molecule has 2 aliphatic heterocycles. The number of aliphatic hydroxyl groups excluding tert-OH is 2. The zero-order valence-corrected chi connectivity index (χ0v) is 11.0. The summed E-state index contributed by atoms with van der Waals surface area (Å²) in [5.74, 6) is 0. The predicted molar refractivity (Wildman–Crippen MR) is 68.1 cm³/mol. The number of thioether (sulfide) groups is 1. The van der Waals surface area contributed by atoms with Crippen molar-refractivity contribution in [1.82, 2.24) is 5.32 Å². The summed E-state index contributed by atoms with van der Waals surface area (Å²) in [6, 6.07) is -0.256. The molecular weight excluding hydrogens is 240 g/mol. The van der Waals surface area contributed by atoms with Crippen LogP contribution in [0.2, 0.25) is 0 Å². The molecule has 3 N–H and O–H groups in total. The number of hydrogen-bond donors (Lipinski definition) is 3. The molecule has 0 amide bonds. The maximum Gasteiger partial charge on any atom is 0.159 e. The zero-order valence-electron chi connectivity index (χ0n) is 10.2. The predicted octanol–water partition coefficient (Wildman–Crippen LogP) is 0.314. The second kappa shape index (κ2) is 5.56. The number of ether oxygens (including phenoxy) is 1. The standard InChI is InChI=1S/C11H20N2O3S/c1-3-5-12-11-13-7-9(15)8(14)6(4-2)16-10(7)17-11/h6-10,14-15H,3-5H2,1-2H3,(H,12,13). The van der Waals surface area contributed by atoms with Crippen LogP contribution in [0, 0.1) is 0 Å². The van der Waals surface area contributed by atoms with Gasteiger partial charge in [-0.1, -0.05) is 25.6 Å². The molecule has 2 fully saturated rings. The number of amidine groups is 1. The molecule has 5 unspecified atom stereocenters. The van der Waals surface area contributed by atoms with Crippen LogP contribution < -0.4 is 5.32 Å². The molecule has 2 saturated heterocycles. The minimum atomic E-state index is -0.820. The van der Waals surface area contributed by atoms with Gasteiger partial charge in [-0.3, -0.25) is 4.99 Å². The molecule has 2 heterocycles. The van der Waals surface area contributed by atoms with E-state index < -0.39 is 12.2 Å². The molecule has 0 aromatic carbocycles. The van der Waals surface area contributed by atoms with E-state index in [9.17, 15) is 10.2 Å². The fraction of sp³-hybridized carbons (Fsp3) is 0.909. The zero-order chi connectivity index (χ0) is 12.4. The van der Waals surface area contributed by atoms with Crippen molar-refractivity contribution in [3.8, 4) is 0 Å². The minimum Gasteiger partial charge on any atom is -0.388 e. The van der Waals surface area contributed by atoms with Crippen molar-refractivity contribution in [2.75, 3.05) is 6.54 Å². The Kier molecular flexibility index (Phi) is 4.30. The smallest absolute Gasteiger partial charge is 0.159 e. The lowest BCUT2D eigenvalue weighted by Crippen LogP contribution is -2.58. The minimum absolute atomic E-state index is 0.144. The van der Waals surface area contributed by atoms with Gasteiger partial charge in [0, 0.05) is 6.54 Å². The van der Waals surface area contributed by atoms with Gasteiger partial charge in [-0.15, -0.1) is 0 Å². The van der Waals surface area contributed by atoms with Crippen molar-refractivity contribution >= 4 is 16.9 Å². The quantitative estimate of drug-likeness (QED) is 0.681. The molecule has 2 aliphatic rings. The number of rotatable bonds is 3. The molecular formula is C11H20N2O3S. The van der Waals surface area contributed by atoms with Crippen LogP contribution in [0.15, 0.2) is 4.99 Å². The highest BCUT2D eigenvalue weighted by Gasteiger charge is 2.48. The molecule has 0 radical (unpaired) electrons. The number of aliphatic imine (C=N–C) groups is 1. The molecule has 0 spiro atoms. The summed E-state index contributed by atoms with van der Waals surface area (Å²) >= 11 is 1.50. The SMILES string of the molecule is CCCN=C1NC2C(OC(CC)C(O)C2O)S1. The molecule has 0 aromatic heterocycles. The van der Waals surface area contributed by atoms with Crippen molar-refractivity contribution < 1.29 is 14.9 Å². The summed E-state index contributed by atoms with van der Waals surface area (Å²) in [7, 11) is 0. The Labute approximate surface area is 106 Å². The molecule has 0 bridgehead atoms. The number of fused-ring (bicyclic) bond motifs is 1. The van der Waals surface area contributed by atoms with E-state index in [-0.39, 0.29) is 17.6 Å². The molecule has 98 valence electrons. The average Bonchev–Trinajstić information content (AvgIpc) is 2.74. The summed E-state index contributed by atoms with van der Waals surface area (Å²) in [6.07, 6.45) is -0.208. The molecule has 5 atom stereocenters. The van der Waals surface area contributed by atoms with Crippen molar-refractivity contribution in [3.63, 3.8) is 0 Å². The van der Waals surface area contributed by atoms with E-state index >= 15 is 0 Å². The van der Waals surface area contributed by atoms with Crippen molar-refractivity contribution in [3.05, 3.63) is 0 Å². The number of aliphatic hydroxyl groups is 2. The van der Waals surface area contributed by atoms with Crippen LogP contribution in [-0.2, 0) is 4.74 Å². The van der Waals surface area contributed by atoms with Crippen LogP contribution in [0.5, 0.6) is 0 Å². The number of nitrogens with zero attached hydrogens (tertiary/aromatic N) is 1. The Bertz CT molecular complexity index is 300. The highest BCUT2D eigenvalue weighted by molar-refractivity contribution is 8.14. The van der Waals surface area contributed by atoms with Gasteiger partial charge in [0.1, 0.15) is 17.6 Å². The Morgan fingerprint density at radius 1 is 1.35 bits per heavy atom. The van der Waals surface area contributed by atoms with Crippen LogP contribution in [0.3, 0.4) is 0 Å². The summed E-state index contributed by atoms with van der Waals surface area (Å²) < 4.78 is 5.76. The van der Waals surface area contributed by atoms with E-state index in [1.807, 2.05) is 6.92 Å². The largest absolute Gasteiger partial charge is 0.388 e. The van der Waals surface area contributed by atoms with E-state index in [4.69, 9.17) is 4.74 Å². The van der Waals surface area contributed by atoms with Crippen molar-refractivity contribution in [2.45, 2.75) is 56.5 Å². The Hall–Kier alpha value is -0.300. The molecule has 0 aromatic rings. The highest BCUT2D eigenvalue weighted by atomic mass is 32.2. The van der Waals surface area contributed by atoms with E-state index in [1.165, 1.54) is 11.8 Å². The van der Waals surface area contributed by atoms with Crippen LogP contribution in [0.4, 0.5) is 0 Å². The third kappa shape index (κ3) is 2.59. The lowest BCUT2D eigenvalue weighted by molar-refractivity contribution is -0.156. The van der Waals surface area contributed by atoms with E-state index in [2.05, 4.69) is 17.2 Å². The molecule has 6 heteroatoms. The van der Waals surface area contributed by atoms with Gasteiger partial charge in [-0.25, -0.2) is 0 Å². The summed E-state index contributed by atoms with van der Waals surface area (Å²) in [5.41, 5.74) is -0.144. The normalized spacial score (nSPS) is 43.5. The Morgan fingerprint density at radius 3 is 2.76 bits per heavy atom. The number of nitrogens with one attached hydrogen (secondary N) is 1. The first-order valence-electron chi connectivity index (χ1n) is 6.16. The first-order valence-corrected chi connectivity index (χ1v) is 7.04. The lowest BCUT2D eigenvalue weighted by atomic mass is 9.97. The van der Waals surface area contributed by atoms with E-state index in [1.54, 1.807) is 0 Å². The maximum absolute atomic E-state index is 10.0. The first kappa shape index (κ1) is 13.1. The molecule has 0 aliphatic carbocycles. The third-order valence-corrected chi connectivity index (χ3v) is 4.21. The molecule has 17 heavy (non-hydrogen) atoms. The van der Waals surface area contributed by atoms with Gasteiger partial charge in [-0.05, 0) is 12.8 Å². The van der Waals surface area contributed by atoms with Crippen molar-refractivity contribution in [1.29, 1.82) is 0 Å². The van der Waals surface area contributed by atoms with Gasteiger partial charge >= 0.3 is 0 Å². The molecule has 5 nitrogen and oxygen atoms in total. The lowest BCUT2D eigenvalue weighted by Gasteiger charge is -2.38. The fourth-order valence-corrected chi connectivity index (χ4v) is 3.27. The van der Waals surface area contributed by atoms with Gasteiger partial charge in [-0.2, -0.15) is 0 Å².